The van der Waals surface area contributed by atoms with Gasteiger partial charge in [0.05, 0.1) is 5.69 Å². The minimum atomic E-state index is -0.342. The van der Waals surface area contributed by atoms with E-state index in [0.717, 1.165) is 4.47 Å². The van der Waals surface area contributed by atoms with Gasteiger partial charge in [0.15, 0.2) is 0 Å². The van der Waals surface area contributed by atoms with Gasteiger partial charge < -0.3 is 15.1 Å². The van der Waals surface area contributed by atoms with Gasteiger partial charge in [-0.1, -0.05) is 12.1 Å². The van der Waals surface area contributed by atoms with Crippen molar-refractivity contribution in [2.45, 2.75) is 13.3 Å². The summed E-state index contributed by atoms with van der Waals surface area (Å²) in [6, 6.07) is 7.24. The summed E-state index contributed by atoms with van der Waals surface area (Å²) in [7, 11) is 0. The van der Waals surface area contributed by atoms with Crippen molar-refractivity contribution in [3.8, 4) is 0 Å². The number of rotatable bonds is 3. The van der Waals surface area contributed by atoms with E-state index in [1.807, 2.05) is 18.2 Å². The van der Waals surface area contributed by atoms with Crippen LogP contribution in [0.25, 0.3) is 0 Å². The summed E-state index contributed by atoms with van der Waals surface area (Å²) in [4.78, 5) is 38.6. The quantitative estimate of drug-likeness (QED) is 0.822. The van der Waals surface area contributed by atoms with Gasteiger partial charge in [-0.25, -0.2) is 0 Å². The number of amides is 3. The number of carbonyl (C=O) groups is 3. The Hall–Kier alpha value is -1.89. The molecule has 22 heavy (non-hydrogen) atoms. The summed E-state index contributed by atoms with van der Waals surface area (Å²) in [5, 5.41) is 2.71. The number of benzene rings is 1. The second kappa shape index (κ2) is 7.40. The lowest BCUT2D eigenvalue weighted by Gasteiger charge is -2.34. The molecule has 0 saturated carbocycles. The Morgan fingerprint density at radius 3 is 2.27 bits per heavy atom. The minimum Gasteiger partial charge on any atom is -0.339 e. The molecule has 3 amide bonds. The molecule has 1 N–H and O–H groups in total. The van der Waals surface area contributed by atoms with Crippen LogP contribution in [0.3, 0.4) is 0 Å². The predicted octanol–water partition coefficient (Wildman–Crippen LogP) is 1.47. The van der Waals surface area contributed by atoms with Gasteiger partial charge in [0.1, 0.15) is 6.42 Å². The van der Waals surface area contributed by atoms with Gasteiger partial charge in [-0.3, -0.25) is 14.4 Å². The van der Waals surface area contributed by atoms with Gasteiger partial charge in [-0.15, -0.1) is 0 Å². The zero-order valence-corrected chi connectivity index (χ0v) is 13.9. The molecule has 0 aliphatic carbocycles. The molecular weight excluding hydrogens is 350 g/mol. The van der Waals surface area contributed by atoms with Crippen LogP contribution in [-0.2, 0) is 14.4 Å². The maximum Gasteiger partial charge on any atom is 0.233 e. The monoisotopic (exact) mass is 367 g/mol. The molecule has 0 unspecified atom stereocenters. The van der Waals surface area contributed by atoms with Gasteiger partial charge >= 0.3 is 0 Å². The topological polar surface area (TPSA) is 69.7 Å². The number of piperazine rings is 1. The number of hydrogen-bond donors (Lipinski definition) is 1. The summed E-state index contributed by atoms with van der Waals surface area (Å²) < 4.78 is 0.769. The van der Waals surface area contributed by atoms with Crippen molar-refractivity contribution in [3.63, 3.8) is 0 Å². The van der Waals surface area contributed by atoms with Crippen LogP contribution < -0.4 is 5.32 Å². The van der Waals surface area contributed by atoms with Crippen LogP contribution in [0.1, 0.15) is 13.3 Å². The average Bonchev–Trinajstić information content (AvgIpc) is 2.49. The Morgan fingerprint density at radius 1 is 1.09 bits per heavy atom. The first-order valence-corrected chi connectivity index (χ1v) is 7.84. The zero-order valence-electron chi connectivity index (χ0n) is 12.3. The summed E-state index contributed by atoms with van der Waals surface area (Å²) >= 11 is 3.34. The Kier molecular flexibility index (Phi) is 5.54. The van der Waals surface area contributed by atoms with Crippen molar-refractivity contribution in [1.82, 2.24) is 9.80 Å². The maximum absolute atomic E-state index is 12.1. The lowest BCUT2D eigenvalue weighted by atomic mass is 10.2. The summed E-state index contributed by atoms with van der Waals surface area (Å²) in [6.45, 7) is 3.50. The maximum atomic E-state index is 12.1. The SMILES string of the molecule is CC(=O)N1CCN(C(=O)CC(=O)Nc2ccccc2Br)CC1. The molecule has 1 aliphatic heterocycles. The molecule has 1 aliphatic rings. The van der Waals surface area contributed by atoms with Crippen LogP contribution >= 0.6 is 15.9 Å². The summed E-state index contributed by atoms with van der Waals surface area (Å²) in [6.07, 6.45) is -0.193. The first-order chi connectivity index (χ1) is 10.5. The molecule has 0 spiro atoms. The van der Waals surface area contributed by atoms with E-state index in [2.05, 4.69) is 21.2 Å². The van der Waals surface area contributed by atoms with E-state index in [1.165, 1.54) is 6.92 Å². The Labute approximate surface area is 137 Å². The van der Waals surface area contributed by atoms with Gasteiger partial charge in [0, 0.05) is 37.6 Å². The Balaban J connectivity index is 1.83. The molecule has 1 aromatic carbocycles. The number of hydrogen-bond acceptors (Lipinski definition) is 3. The highest BCUT2D eigenvalue weighted by atomic mass is 79.9. The molecule has 1 aromatic rings. The minimum absolute atomic E-state index is 0.0127. The fourth-order valence-electron chi connectivity index (χ4n) is 2.28. The van der Waals surface area contributed by atoms with Crippen molar-refractivity contribution in [2.75, 3.05) is 31.5 Å². The highest BCUT2D eigenvalue weighted by Crippen LogP contribution is 2.21. The third-order valence-corrected chi connectivity index (χ3v) is 4.23. The number of carbonyl (C=O) groups excluding carboxylic acids is 3. The van der Waals surface area contributed by atoms with Crippen LogP contribution in [0.15, 0.2) is 28.7 Å². The van der Waals surface area contributed by atoms with E-state index in [0.29, 0.717) is 31.9 Å². The molecule has 0 bridgehead atoms. The molecule has 7 heteroatoms. The first kappa shape index (κ1) is 16.5. The molecule has 2 rings (SSSR count). The number of halogens is 1. The molecule has 0 radical (unpaired) electrons. The second-order valence-corrected chi connectivity index (χ2v) is 5.95. The van der Waals surface area contributed by atoms with Crippen molar-refractivity contribution >= 4 is 39.3 Å². The van der Waals surface area contributed by atoms with Gasteiger partial charge in [-0.05, 0) is 28.1 Å². The van der Waals surface area contributed by atoms with E-state index in [-0.39, 0.29) is 24.1 Å². The number of nitrogens with zero attached hydrogens (tertiary/aromatic N) is 2. The first-order valence-electron chi connectivity index (χ1n) is 7.05. The highest BCUT2D eigenvalue weighted by molar-refractivity contribution is 9.10. The predicted molar refractivity (Wildman–Crippen MR) is 86.2 cm³/mol. The standard InChI is InChI=1S/C15H18BrN3O3/c1-11(20)18-6-8-19(9-7-18)15(22)10-14(21)17-13-5-3-2-4-12(13)16/h2-5H,6-10H2,1H3,(H,17,21). The molecule has 6 nitrogen and oxygen atoms in total. The number of nitrogens with one attached hydrogen (secondary N) is 1. The molecule has 0 aromatic heterocycles. The van der Waals surface area contributed by atoms with E-state index in [4.69, 9.17) is 0 Å². The van der Waals surface area contributed by atoms with Crippen LogP contribution in [0.4, 0.5) is 5.69 Å². The van der Waals surface area contributed by atoms with E-state index >= 15 is 0 Å². The molecule has 1 fully saturated rings. The van der Waals surface area contributed by atoms with Gasteiger partial charge in [0.2, 0.25) is 17.7 Å². The van der Waals surface area contributed by atoms with Crippen molar-refractivity contribution in [2.24, 2.45) is 0 Å². The third-order valence-electron chi connectivity index (χ3n) is 3.54. The number of para-hydroxylation sites is 1. The lowest BCUT2D eigenvalue weighted by molar-refractivity contribution is -0.140. The lowest BCUT2D eigenvalue weighted by Crippen LogP contribution is -2.50. The van der Waals surface area contributed by atoms with Crippen molar-refractivity contribution < 1.29 is 14.4 Å². The van der Waals surface area contributed by atoms with Gasteiger partial charge in [0.25, 0.3) is 0 Å². The Morgan fingerprint density at radius 2 is 1.68 bits per heavy atom. The molecule has 118 valence electrons. The van der Waals surface area contributed by atoms with Crippen LogP contribution in [-0.4, -0.2) is 53.7 Å². The van der Waals surface area contributed by atoms with E-state index in [1.54, 1.807) is 15.9 Å². The fraction of sp³-hybridized carbons (Fsp3) is 0.400. The smallest absolute Gasteiger partial charge is 0.233 e. The highest BCUT2D eigenvalue weighted by Gasteiger charge is 2.23. The van der Waals surface area contributed by atoms with E-state index < -0.39 is 0 Å². The molecule has 1 heterocycles. The normalized spacial score (nSPS) is 14.6. The average molecular weight is 368 g/mol. The van der Waals surface area contributed by atoms with Gasteiger partial charge in [-0.2, -0.15) is 0 Å². The van der Waals surface area contributed by atoms with Crippen LogP contribution in [0, 0.1) is 0 Å². The van der Waals surface area contributed by atoms with Crippen molar-refractivity contribution in [3.05, 3.63) is 28.7 Å². The van der Waals surface area contributed by atoms with Crippen LogP contribution in [0.5, 0.6) is 0 Å². The van der Waals surface area contributed by atoms with E-state index in [9.17, 15) is 14.4 Å². The fourth-order valence-corrected chi connectivity index (χ4v) is 2.66. The molecule has 0 atom stereocenters. The number of anilines is 1. The Bertz CT molecular complexity index is 583. The largest absolute Gasteiger partial charge is 0.339 e. The van der Waals surface area contributed by atoms with Crippen LogP contribution in [0.2, 0.25) is 0 Å². The third kappa shape index (κ3) is 4.30. The molecular formula is C15H18BrN3O3. The summed E-state index contributed by atoms with van der Waals surface area (Å²) in [5.74, 6) is -0.544. The zero-order chi connectivity index (χ0) is 16.1. The molecule has 1 saturated heterocycles. The summed E-state index contributed by atoms with van der Waals surface area (Å²) in [5.41, 5.74) is 0.640. The second-order valence-electron chi connectivity index (χ2n) is 5.09. The van der Waals surface area contributed by atoms with Crippen molar-refractivity contribution in [1.29, 1.82) is 0 Å².